The number of rotatable bonds is 4. The fourth-order valence-corrected chi connectivity index (χ4v) is 3.78. The summed E-state index contributed by atoms with van der Waals surface area (Å²) >= 11 is 0. The topological polar surface area (TPSA) is 129 Å². The van der Waals surface area contributed by atoms with Gasteiger partial charge in [-0.2, -0.15) is 0 Å². The summed E-state index contributed by atoms with van der Waals surface area (Å²) in [6.45, 7) is -0.485. The number of hydrogen-bond donors (Lipinski definition) is 4. The maximum atomic E-state index is 11.7. The number of pyridine rings is 1. The highest BCUT2D eigenvalue weighted by Gasteiger charge is 2.43. The number of fused-ring (bicyclic) bond motifs is 1. The van der Waals surface area contributed by atoms with Gasteiger partial charge in [0, 0.05) is 10.9 Å². The Bertz CT molecular complexity index is 1100. The van der Waals surface area contributed by atoms with Crippen LogP contribution in [0.1, 0.15) is 22.0 Å². The fraction of sp³-hybridized carbons (Fsp3) is 0.304. The normalized spacial score (nSPS) is 26.0. The second kappa shape index (κ2) is 8.70. The van der Waals surface area contributed by atoms with E-state index >= 15 is 0 Å². The number of aromatic nitrogens is 1. The number of carbonyl (C=O) groups excluding carboxylic acids is 1. The van der Waals surface area contributed by atoms with Gasteiger partial charge in [0.1, 0.15) is 30.5 Å². The molecule has 0 bridgehead atoms. The molecule has 2 aromatic carbocycles. The second-order valence-electron chi connectivity index (χ2n) is 7.47. The van der Waals surface area contributed by atoms with Crippen molar-refractivity contribution in [1.29, 1.82) is 0 Å². The summed E-state index contributed by atoms with van der Waals surface area (Å²) in [5.74, 6) is -0.418. The molecule has 31 heavy (non-hydrogen) atoms. The number of carbonyl (C=O) groups is 1. The highest BCUT2D eigenvalue weighted by Crippen LogP contribution is 2.34. The molecule has 1 aromatic heterocycles. The predicted octanol–water partition coefficient (Wildman–Crippen LogP) is 1.20. The molecule has 0 saturated carbocycles. The minimum Gasteiger partial charge on any atom is -0.465 e. The molecule has 0 radical (unpaired) electrons. The highest BCUT2D eigenvalue weighted by atomic mass is 16.5. The van der Waals surface area contributed by atoms with Crippen LogP contribution in [0.3, 0.4) is 0 Å². The van der Waals surface area contributed by atoms with Gasteiger partial charge in [0.2, 0.25) is 0 Å². The third kappa shape index (κ3) is 4.04. The molecule has 0 unspecified atom stereocenters. The molecule has 1 aliphatic heterocycles. The quantitative estimate of drug-likeness (QED) is 0.459. The van der Waals surface area contributed by atoms with Gasteiger partial charge in [-0.1, -0.05) is 24.3 Å². The zero-order chi connectivity index (χ0) is 22.1. The zero-order valence-corrected chi connectivity index (χ0v) is 16.8. The Hall–Kier alpha value is -2.88. The third-order valence-corrected chi connectivity index (χ3v) is 5.51. The average molecular weight is 425 g/mol. The van der Waals surface area contributed by atoms with Gasteiger partial charge < -0.3 is 29.9 Å². The van der Waals surface area contributed by atoms with Crippen LogP contribution in [0.15, 0.2) is 54.6 Å². The Kier molecular flexibility index (Phi) is 5.99. The molecule has 1 fully saturated rings. The molecule has 1 aliphatic rings. The Morgan fingerprint density at radius 2 is 1.84 bits per heavy atom. The lowest BCUT2D eigenvalue weighted by atomic mass is 9.90. The summed E-state index contributed by atoms with van der Waals surface area (Å²) in [5, 5.41) is 40.7. The molecule has 5 atom stereocenters. The number of esters is 1. The largest absolute Gasteiger partial charge is 0.465 e. The third-order valence-electron chi connectivity index (χ3n) is 5.51. The van der Waals surface area contributed by atoms with Crippen molar-refractivity contribution < 1.29 is 34.7 Å². The standard InChI is InChI=1S/C23H23NO7/c1-30-23(29)15-6-8-17-13(10-15)5-7-16(24-17)12-3-2-4-14(9-12)22-21(28)20(27)19(26)18(11-25)31-22/h2-10,18-22,25-28H,11H2,1H3/t18-,19-,20+,21-,22-/m1/s1. The first-order chi connectivity index (χ1) is 14.9. The first-order valence-electron chi connectivity index (χ1n) is 9.83. The Morgan fingerprint density at radius 1 is 1.03 bits per heavy atom. The van der Waals surface area contributed by atoms with Crippen molar-refractivity contribution in [3.63, 3.8) is 0 Å². The number of methoxy groups -OCH3 is 1. The Labute approximate surface area is 178 Å². The van der Waals surface area contributed by atoms with E-state index in [0.717, 1.165) is 10.9 Å². The molecule has 1 saturated heterocycles. The molecular formula is C23H23NO7. The van der Waals surface area contributed by atoms with E-state index in [9.17, 15) is 25.2 Å². The molecule has 0 amide bonds. The Balaban J connectivity index is 1.66. The van der Waals surface area contributed by atoms with Crippen molar-refractivity contribution in [3.8, 4) is 11.3 Å². The van der Waals surface area contributed by atoms with Crippen LogP contribution in [-0.2, 0) is 9.47 Å². The van der Waals surface area contributed by atoms with Gasteiger partial charge in [-0.3, -0.25) is 0 Å². The van der Waals surface area contributed by atoms with E-state index in [-0.39, 0.29) is 0 Å². The first kappa shape index (κ1) is 21.4. The van der Waals surface area contributed by atoms with Crippen LogP contribution in [0.2, 0.25) is 0 Å². The molecule has 8 nitrogen and oxygen atoms in total. The SMILES string of the molecule is COC(=O)c1ccc2nc(-c3cccc([C@H]4O[C@H](CO)[C@@H](O)[C@H](O)[C@H]4O)c3)ccc2c1. The average Bonchev–Trinajstić information content (AvgIpc) is 2.81. The summed E-state index contributed by atoms with van der Waals surface area (Å²) in [6, 6.07) is 15.9. The van der Waals surface area contributed by atoms with Crippen LogP contribution in [0.5, 0.6) is 0 Å². The van der Waals surface area contributed by atoms with Crippen LogP contribution >= 0.6 is 0 Å². The Morgan fingerprint density at radius 3 is 2.58 bits per heavy atom. The fourth-order valence-electron chi connectivity index (χ4n) is 3.78. The maximum absolute atomic E-state index is 11.7. The molecule has 2 heterocycles. The lowest BCUT2D eigenvalue weighted by Gasteiger charge is -2.40. The second-order valence-corrected chi connectivity index (χ2v) is 7.47. The van der Waals surface area contributed by atoms with Gasteiger partial charge in [0.25, 0.3) is 0 Å². The van der Waals surface area contributed by atoms with E-state index < -0.39 is 43.1 Å². The monoisotopic (exact) mass is 425 g/mol. The lowest BCUT2D eigenvalue weighted by molar-refractivity contribution is -0.231. The van der Waals surface area contributed by atoms with Crippen molar-refractivity contribution in [1.82, 2.24) is 4.98 Å². The van der Waals surface area contributed by atoms with Gasteiger partial charge in [0.05, 0.1) is 30.5 Å². The highest BCUT2D eigenvalue weighted by molar-refractivity contribution is 5.94. The van der Waals surface area contributed by atoms with E-state index in [0.29, 0.717) is 22.3 Å². The van der Waals surface area contributed by atoms with Crippen LogP contribution < -0.4 is 0 Å². The van der Waals surface area contributed by atoms with Gasteiger partial charge >= 0.3 is 5.97 Å². The number of aliphatic hydroxyl groups is 4. The minimum atomic E-state index is -1.44. The summed E-state index contributed by atoms with van der Waals surface area (Å²) in [5.41, 5.74) is 3.15. The molecule has 0 aliphatic carbocycles. The number of aliphatic hydroxyl groups excluding tert-OH is 4. The van der Waals surface area contributed by atoms with Crippen molar-refractivity contribution in [3.05, 3.63) is 65.7 Å². The van der Waals surface area contributed by atoms with E-state index in [1.54, 1.807) is 36.4 Å². The van der Waals surface area contributed by atoms with E-state index in [2.05, 4.69) is 4.98 Å². The first-order valence-corrected chi connectivity index (χ1v) is 9.83. The van der Waals surface area contributed by atoms with Crippen molar-refractivity contribution >= 4 is 16.9 Å². The summed E-state index contributed by atoms with van der Waals surface area (Å²) in [7, 11) is 1.33. The molecule has 0 spiro atoms. The van der Waals surface area contributed by atoms with Crippen LogP contribution in [-0.4, -0.2) is 69.5 Å². The maximum Gasteiger partial charge on any atom is 0.337 e. The summed E-state index contributed by atoms with van der Waals surface area (Å²) in [6.07, 6.45) is -6.10. The molecular weight excluding hydrogens is 402 g/mol. The van der Waals surface area contributed by atoms with Gasteiger partial charge in [-0.05, 0) is 35.9 Å². The smallest absolute Gasteiger partial charge is 0.337 e. The van der Waals surface area contributed by atoms with E-state index in [1.165, 1.54) is 7.11 Å². The van der Waals surface area contributed by atoms with Crippen LogP contribution in [0.4, 0.5) is 0 Å². The van der Waals surface area contributed by atoms with Crippen molar-refractivity contribution in [2.45, 2.75) is 30.5 Å². The van der Waals surface area contributed by atoms with Crippen LogP contribution in [0, 0.1) is 0 Å². The molecule has 4 N–H and O–H groups in total. The zero-order valence-electron chi connectivity index (χ0n) is 16.8. The summed E-state index contributed by atoms with van der Waals surface area (Å²) < 4.78 is 10.4. The van der Waals surface area contributed by atoms with Gasteiger partial charge in [-0.15, -0.1) is 0 Å². The number of hydrogen-bond acceptors (Lipinski definition) is 8. The number of nitrogens with zero attached hydrogens (tertiary/aromatic N) is 1. The summed E-state index contributed by atoms with van der Waals surface area (Å²) in [4.78, 5) is 16.4. The molecule has 8 heteroatoms. The van der Waals surface area contributed by atoms with Crippen molar-refractivity contribution in [2.24, 2.45) is 0 Å². The van der Waals surface area contributed by atoms with E-state index in [4.69, 9.17) is 9.47 Å². The molecule has 4 rings (SSSR count). The molecule has 162 valence electrons. The number of ether oxygens (including phenoxy) is 2. The van der Waals surface area contributed by atoms with Gasteiger partial charge in [-0.25, -0.2) is 9.78 Å². The minimum absolute atomic E-state index is 0.418. The molecule has 3 aromatic rings. The predicted molar refractivity (Wildman–Crippen MR) is 111 cm³/mol. The van der Waals surface area contributed by atoms with Gasteiger partial charge in [0.15, 0.2) is 0 Å². The van der Waals surface area contributed by atoms with Crippen molar-refractivity contribution in [2.75, 3.05) is 13.7 Å². The van der Waals surface area contributed by atoms with Crippen LogP contribution in [0.25, 0.3) is 22.2 Å². The van der Waals surface area contributed by atoms with E-state index in [1.807, 2.05) is 18.2 Å². The number of benzene rings is 2. The lowest BCUT2D eigenvalue weighted by Crippen LogP contribution is -2.55.